The van der Waals surface area contributed by atoms with Crippen LogP contribution in [0.5, 0.6) is 0 Å². The summed E-state index contributed by atoms with van der Waals surface area (Å²) < 4.78 is 0. The molecule has 0 bridgehead atoms. The molecule has 0 aromatic heterocycles. The second kappa shape index (κ2) is 53.1. The van der Waals surface area contributed by atoms with Crippen LogP contribution in [0.1, 0.15) is 185 Å². The van der Waals surface area contributed by atoms with Gasteiger partial charge in [0.25, 0.3) is 0 Å². The number of aliphatic carboxylic acids is 1. The number of carboxylic acid groups (broad SMARTS) is 1. The van der Waals surface area contributed by atoms with Crippen molar-refractivity contribution in [1.29, 1.82) is 0 Å². The number of amides is 14. The van der Waals surface area contributed by atoms with Crippen molar-refractivity contribution < 1.29 is 77.0 Å². The van der Waals surface area contributed by atoms with Gasteiger partial charge in [0.05, 0.1) is 19.0 Å². The Labute approximate surface area is 667 Å². The highest BCUT2D eigenvalue weighted by atomic mass is 16.4. The van der Waals surface area contributed by atoms with E-state index >= 15 is 0 Å². The molecule has 0 saturated carbocycles. The Morgan fingerprint density at radius 3 is 1.12 bits per heavy atom. The Balaban J connectivity index is 3.68. The third-order valence-electron chi connectivity index (χ3n) is 18.1. The summed E-state index contributed by atoms with van der Waals surface area (Å²) in [7, 11) is 0. The molecule has 14 amide bonds. The summed E-state index contributed by atoms with van der Waals surface area (Å²) in [5.74, 6) is -16.8. The van der Waals surface area contributed by atoms with E-state index in [-0.39, 0.29) is 125 Å². The molecule has 14 atom stereocenters. The van der Waals surface area contributed by atoms with E-state index in [1.807, 2.05) is 13.8 Å². The maximum Gasteiger partial charge on any atom is 0.305 e. The minimum atomic E-state index is -2.01. The average molecular weight is 1610 g/mol. The van der Waals surface area contributed by atoms with E-state index < -0.39 is 199 Å². The second-order valence-electron chi connectivity index (χ2n) is 30.2. The van der Waals surface area contributed by atoms with Crippen LogP contribution in [0.4, 0.5) is 0 Å². The van der Waals surface area contributed by atoms with Crippen molar-refractivity contribution in [3.8, 4) is 0 Å². The SMILES string of the molecule is CC[C@H](C)[C@H](NC(=O)[C@H](CCCN=C(N)N)NC(=O)[C@@H](NC(=O)[C@@H](N)CCCN=C(N)N)[C@@H](C)CC)C(=O)NCC(=O)N[C@@H](CC(C)C)C(=O)N[C@@H](Cc1ccccc1)C(=O)N[C@@H](CC(=O)O)C(=O)N[C@@H](CCC(N)=O)C(=O)N[C@@H](CC(C)C)C(=O)N[C@@H](CC(C)C)C(=O)N[C@@H](CCCN=C(N)N)C(=O)N[C@@H](CC(C)C)C(N)=O. The van der Waals surface area contributed by atoms with Gasteiger partial charge in [-0.2, -0.15) is 0 Å². The van der Waals surface area contributed by atoms with Crippen LogP contribution in [-0.4, -0.2) is 210 Å². The first-order valence-electron chi connectivity index (χ1n) is 38.8. The number of rotatable bonds is 56. The monoisotopic (exact) mass is 1610 g/mol. The molecule has 114 heavy (non-hydrogen) atoms. The Morgan fingerprint density at radius 2 is 0.711 bits per heavy atom. The zero-order valence-electron chi connectivity index (χ0n) is 68.0. The van der Waals surface area contributed by atoms with Gasteiger partial charge in [0.15, 0.2) is 17.9 Å². The van der Waals surface area contributed by atoms with Gasteiger partial charge in [-0.25, -0.2) is 0 Å². The number of hydrogen-bond acceptors (Lipinski definition) is 19. The lowest BCUT2D eigenvalue weighted by molar-refractivity contribution is -0.141. The highest BCUT2D eigenvalue weighted by Crippen LogP contribution is 2.17. The number of nitrogens with two attached hydrogens (primary N) is 9. The number of aliphatic imine (C=N–C) groups is 3. The maximum atomic E-state index is 14.7. The number of nitrogens with zero attached hydrogens (tertiary/aromatic N) is 3. The fourth-order valence-corrected chi connectivity index (χ4v) is 11.6. The minimum absolute atomic E-state index is 0.00120. The van der Waals surface area contributed by atoms with Crippen molar-refractivity contribution in [3.63, 3.8) is 0 Å². The maximum absolute atomic E-state index is 14.7. The molecule has 0 spiro atoms. The highest BCUT2D eigenvalue weighted by molar-refractivity contribution is 6.00. The number of carbonyl (C=O) groups is 15. The van der Waals surface area contributed by atoms with Gasteiger partial charge >= 0.3 is 5.97 Å². The van der Waals surface area contributed by atoms with E-state index in [9.17, 15) is 77.0 Å². The summed E-state index contributed by atoms with van der Waals surface area (Å²) in [5.41, 5.74) is 50.7. The van der Waals surface area contributed by atoms with Gasteiger partial charge < -0.3 is 121 Å². The number of guanidine groups is 3. The predicted octanol–water partition coefficient (Wildman–Crippen LogP) is -4.33. The number of nitrogens with one attached hydrogen (secondary N) is 12. The molecule has 40 heteroatoms. The smallest absolute Gasteiger partial charge is 0.305 e. The van der Waals surface area contributed by atoms with E-state index in [0.717, 1.165) is 0 Å². The van der Waals surface area contributed by atoms with Gasteiger partial charge in [0.2, 0.25) is 82.7 Å². The summed E-state index contributed by atoms with van der Waals surface area (Å²) in [5, 5.41) is 41.3. The van der Waals surface area contributed by atoms with Crippen molar-refractivity contribution in [2.24, 2.45) is 102 Å². The van der Waals surface area contributed by atoms with E-state index in [0.29, 0.717) is 24.8 Å². The summed E-state index contributed by atoms with van der Waals surface area (Å²) in [6, 6.07) is -8.72. The average Bonchev–Trinajstić information content (AvgIpc) is 0.855. The van der Waals surface area contributed by atoms with Crippen molar-refractivity contribution in [2.45, 2.75) is 258 Å². The Hall–Kier alpha value is -11.0. The summed E-state index contributed by atoms with van der Waals surface area (Å²) in [6.07, 6.45) is -0.911. The molecule has 0 radical (unpaired) electrons. The zero-order valence-corrected chi connectivity index (χ0v) is 68.0. The predicted molar refractivity (Wildman–Crippen MR) is 429 cm³/mol. The first-order valence-corrected chi connectivity index (χ1v) is 38.8. The molecule has 0 aliphatic heterocycles. The van der Waals surface area contributed by atoms with Crippen LogP contribution in [0.2, 0.25) is 0 Å². The molecule has 1 aromatic carbocycles. The van der Waals surface area contributed by atoms with Gasteiger partial charge in [-0.1, -0.05) is 126 Å². The van der Waals surface area contributed by atoms with Crippen LogP contribution < -0.4 is 115 Å². The molecule has 31 N–H and O–H groups in total. The first-order chi connectivity index (χ1) is 53.4. The van der Waals surface area contributed by atoms with E-state index in [1.54, 1.807) is 99.6 Å². The molecule has 642 valence electrons. The van der Waals surface area contributed by atoms with Crippen LogP contribution in [0.25, 0.3) is 0 Å². The Morgan fingerprint density at radius 1 is 0.377 bits per heavy atom. The molecule has 0 heterocycles. The number of benzene rings is 1. The third-order valence-corrected chi connectivity index (χ3v) is 18.1. The molecule has 0 aliphatic carbocycles. The summed E-state index contributed by atoms with van der Waals surface area (Å²) in [4.78, 5) is 220. The van der Waals surface area contributed by atoms with Crippen molar-refractivity contribution in [1.82, 2.24) is 63.8 Å². The lowest BCUT2D eigenvalue weighted by Crippen LogP contribution is -2.61. The van der Waals surface area contributed by atoms with Crippen LogP contribution in [-0.2, 0) is 78.3 Å². The van der Waals surface area contributed by atoms with Gasteiger partial charge in [0, 0.05) is 32.5 Å². The summed E-state index contributed by atoms with van der Waals surface area (Å²) in [6.45, 7) is 20.5. The molecule has 1 rings (SSSR count). The Kier molecular flexibility index (Phi) is 47.1. The molecule has 1 aromatic rings. The van der Waals surface area contributed by atoms with Crippen LogP contribution in [0, 0.1) is 35.5 Å². The molecular weight excluding hydrogens is 1480 g/mol. The second-order valence-corrected chi connectivity index (χ2v) is 30.2. The van der Waals surface area contributed by atoms with Crippen molar-refractivity contribution in [2.75, 3.05) is 26.2 Å². The topological polar surface area (TPSA) is 692 Å². The van der Waals surface area contributed by atoms with Gasteiger partial charge in [0.1, 0.15) is 66.5 Å². The molecular formula is C74H130N24O16. The van der Waals surface area contributed by atoms with E-state index in [4.69, 9.17) is 51.6 Å². The van der Waals surface area contributed by atoms with Crippen LogP contribution in [0.3, 0.4) is 0 Å². The fraction of sp³-hybridized carbons (Fsp3) is 0.676. The first kappa shape index (κ1) is 101. The van der Waals surface area contributed by atoms with Crippen LogP contribution >= 0.6 is 0 Å². The lowest BCUT2D eigenvalue weighted by atomic mass is 9.96. The highest BCUT2D eigenvalue weighted by Gasteiger charge is 2.39. The normalized spacial score (nSPS) is 14.9. The minimum Gasteiger partial charge on any atom is -0.481 e. The number of carbonyl (C=O) groups excluding carboxylic acids is 14. The largest absolute Gasteiger partial charge is 0.481 e. The van der Waals surface area contributed by atoms with Gasteiger partial charge in [-0.15, -0.1) is 0 Å². The van der Waals surface area contributed by atoms with Crippen molar-refractivity contribution >= 4 is 107 Å². The Bertz CT molecular complexity index is 3420. The number of primary amides is 2. The quantitative estimate of drug-likeness (QED) is 0.0167. The molecule has 0 aliphatic rings. The number of carboxylic acids is 1. The van der Waals surface area contributed by atoms with E-state index in [1.165, 1.54) is 0 Å². The van der Waals surface area contributed by atoms with Gasteiger partial charge in [-0.3, -0.25) is 86.9 Å². The standard InChI is InChI=1S/C74H130N24O16/c1-13-42(11)58(98-64(107)47(25-20-30-86-74(82)83)91-71(114)59(43(12)14-2)97-61(104)45(75)23-18-28-84-72(78)79)70(113)87-37-56(100)88-50(32-39(5)6)65(108)95-53(35-44-21-16-15-17-22-44)68(111)96-54(36-57(101)102)69(112)90-48(26-27-55(76)99)63(106)93-52(34-41(9)10)67(110)94-51(33-40(7)8)66(109)89-46(24-19-29-85-73(80)81)62(105)92-49(60(77)103)31-38(3)4/h15-17,21-22,38-43,45-54,58-59H,13-14,18-20,23-37,75H2,1-12H3,(H2,76,99)(H2,77,103)(H,87,113)(H,88,100)(H,89,109)(H,90,112)(H,91,114)(H,92,105)(H,93,106)(H,94,110)(H,95,108)(H,96,111)(H,97,104)(H,98,107)(H,101,102)(H4,78,79,84)(H4,80,81,85)(H4,82,83,86)/t42-,43-,45-,46-,47-,48-,49-,50-,51-,52-,53-,54-,58-,59-/m0/s1. The molecule has 0 unspecified atom stereocenters. The van der Waals surface area contributed by atoms with Crippen LogP contribution in [0.15, 0.2) is 45.3 Å². The number of hydrogen-bond donors (Lipinski definition) is 22. The third kappa shape index (κ3) is 41.5. The summed E-state index contributed by atoms with van der Waals surface area (Å²) >= 11 is 0. The molecule has 0 saturated heterocycles. The molecule has 0 fully saturated rings. The van der Waals surface area contributed by atoms with E-state index in [2.05, 4.69) is 78.8 Å². The lowest BCUT2D eigenvalue weighted by Gasteiger charge is -2.29. The molecule has 40 nitrogen and oxygen atoms in total. The zero-order chi connectivity index (χ0) is 86.6. The fourth-order valence-electron chi connectivity index (χ4n) is 11.6. The van der Waals surface area contributed by atoms with Gasteiger partial charge in [-0.05, 0) is 112 Å². The van der Waals surface area contributed by atoms with Crippen molar-refractivity contribution in [3.05, 3.63) is 35.9 Å².